The van der Waals surface area contributed by atoms with Crippen LogP contribution in [0.2, 0.25) is 0 Å². The number of ether oxygens (including phenoxy) is 1. The van der Waals surface area contributed by atoms with Crippen molar-refractivity contribution in [1.29, 1.82) is 0 Å². The smallest absolute Gasteiger partial charge is 0.294 e. The van der Waals surface area contributed by atoms with Gasteiger partial charge < -0.3 is 15.4 Å². The molecule has 0 radical (unpaired) electrons. The predicted octanol–water partition coefficient (Wildman–Crippen LogP) is 2.77. The fourth-order valence-corrected chi connectivity index (χ4v) is 3.03. The Balaban J connectivity index is 1.45. The first-order chi connectivity index (χ1) is 15.3. The van der Waals surface area contributed by atoms with E-state index in [-0.39, 0.29) is 47.2 Å². The maximum absolute atomic E-state index is 14.1. The summed E-state index contributed by atoms with van der Waals surface area (Å²) >= 11 is 0. The van der Waals surface area contributed by atoms with Crippen molar-refractivity contribution in [2.45, 2.75) is 13.3 Å². The summed E-state index contributed by atoms with van der Waals surface area (Å²) in [7, 11) is 0. The van der Waals surface area contributed by atoms with Crippen molar-refractivity contribution in [2.24, 2.45) is 0 Å². The maximum Gasteiger partial charge on any atom is 0.294 e. The van der Waals surface area contributed by atoms with E-state index in [0.717, 1.165) is 18.3 Å². The molecule has 0 saturated heterocycles. The van der Waals surface area contributed by atoms with Crippen LogP contribution in [0.5, 0.6) is 5.75 Å². The second kappa shape index (κ2) is 8.53. The van der Waals surface area contributed by atoms with Crippen molar-refractivity contribution in [3.05, 3.63) is 82.3 Å². The average molecular weight is 443 g/mol. The zero-order chi connectivity index (χ0) is 22.8. The van der Waals surface area contributed by atoms with Gasteiger partial charge in [-0.05, 0) is 36.8 Å². The van der Waals surface area contributed by atoms with Crippen LogP contribution in [0.1, 0.15) is 27.6 Å². The van der Waals surface area contributed by atoms with Gasteiger partial charge in [-0.1, -0.05) is 6.07 Å². The van der Waals surface area contributed by atoms with Gasteiger partial charge in [-0.3, -0.25) is 14.7 Å². The minimum absolute atomic E-state index is 0.0239. The summed E-state index contributed by atoms with van der Waals surface area (Å²) in [5, 5.41) is 10.9. The predicted molar refractivity (Wildman–Crippen MR) is 106 cm³/mol. The zero-order valence-corrected chi connectivity index (χ0v) is 16.6. The van der Waals surface area contributed by atoms with Gasteiger partial charge in [0.15, 0.2) is 5.82 Å². The fraction of sp³-hybridized carbons (Fsp3) is 0.143. The zero-order valence-electron chi connectivity index (χ0n) is 16.6. The number of hydrogen-bond acceptors (Lipinski definition) is 5. The number of carbonyl (C=O) groups excluding carboxylic acids is 2. The minimum atomic E-state index is -0.773. The van der Waals surface area contributed by atoms with E-state index in [4.69, 9.17) is 4.74 Å². The summed E-state index contributed by atoms with van der Waals surface area (Å²) in [5.41, 5.74) is 0.337. The van der Waals surface area contributed by atoms with Crippen LogP contribution in [0, 0.1) is 24.4 Å². The van der Waals surface area contributed by atoms with Gasteiger partial charge in [-0.15, -0.1) is 5.10 Å². The molecule has 0 aliphatic carbocycles. The molecule has 0 spiro atoms. The molecule has 11 heteroatoms. The van der Waals surface area contributed by atoms with Crippen molar-refractivity contribution >= 4 is 17.5 Å². The van der Waals surface area contributed by atoms with Gasteiger partial charge >= 0.3 is 0 Å². The number of fused-ring (bicyclic) bond motifs is 1. The molecule has 2 aromatic carbocycles. The number of nitrogens with one attached hydrogen (secondary N) is 3. The number of aryl methyl sites for hydroxylation is 1. The van der Waals surface area contributed by atoms with Gasteiger partial charge in [0, 0.05) is 18.2 Å². The number of rotatable bonds is 4. The van der Waals surface area contributed by atoms with Crippen molar-refractivity contribution in [1.82, 2.24) is 20.5 Å². The lowest BCUT2D eigenvalue weighted by Gasteiger charge is -2.08. The quantitative estimate of drug-likeness (QED) is 0.538. The number of amides is 2. The number of nitrogens with zero attached hydrogens (tertiary/aromatic N) is 2. The number of halogens is 3. The molecule has 1 aliphatic rings. The van der Waals surface area contributed by atoms with Crippen LogP contribution in [-0.2, 0) is 11.2 Å². The highest BCUT2D eigenvalue weighted by molar-refractivity contribution is 6.06. The average Bonchev–Trinajstić information content (AvgIpc) is 3.15. The van der Waals surface area contributed by atoms with E-state index >= 15 is 0 Å². The van der Waals surface area contributed by atoms with Gasteiger partial charge in [0.2, 0.25) is 5.82 Å². The lowest BCUT2D eigenvalue weighted by molar-refractivity contribution is -0.113. The van der Waals surface area contributed by atoms with Crippen LogP contribution in [0.4, 0.5) is 18.9 Å². The van der Waals surface area contributed by atoms with Gasteiger partial charge in [-0.2, -0.15) is 0 Å². The fourth-order valence-electron chi connectivity index (χ4n) is 3.03. The summed E-state index contributed by atoms with van der Waals surface area (Å²) in [6.45, 7) is 1.47. The van der Waals surface area contributed by atoms with E-state index in [9.17, 15) is 22.8 Å². The SMILES string of the molecule is Cc1cc(F)c2c(c1)OC/C(=C/NC(=O)c1n[nH]c(Cc3c(F)cccc3F)n1)C(=O)N2. The molecule has 0 unspecified atom stereocenters. The highest BCUT2D eigenvalue weighted by Gasteiger charge is 2.23. The molecule has 0 atom stereocenters. The van der Waals surface area contributed by atoms with Crippen LogP contribution in [-0.4, -0.2) is 33.6 Å². The molecule has 0 fully saturated rings. The van der Waals surface area contributed by atoms with Crippen LogP contribution < -0.4 is 15.4 Å². The van der Waals surface area contributed by atoms with Gasteiger partial charge in [0.05, 0.1) is 5.57 Å². The molecule has 1 aromatic heterocycles. The van der Waals surface area contributed by atoms with Crippen molar-refractivity contribution in [3.8, 4) is 5.75 Å². The first kappa shape index (κ1) is 21.1. The second-order valence-corrected chi connectivity index (χ2v) is 6.99. The first-order valence-electron chi connectivity index (χ1n) is 9.40. The molecule has 3 aromatic rings. The van der Waals surface area contributed by atoms with E-state index in [1.807, 2.05) is 0 Å². The number of aromatic nitrogens is 3. The van der Waals surface area contributed by atoms with Crippen LogP contribution in [0.25, 0.3) is 0 Å². The molecule has 0 bridgehead atoms. The van der Waals surface area contributed by atoms with E-state index in [1.54, 1.807) is 13.0 Å². The molecule has 3 N–H and O–H groups in total. The molecule has 32 heavy (non-hydrogen) atoms. The number of benzene rings is 2. The topological polar surface area (TPSA) is 109 Å². The Morgan fingerprint density at radius 1 is 1.22 bits per heavy atom. The summed E-state index contributed by atoms with van der Waals surface area (Å²) in [4.78, 5) is 28.6. The Kier molecular flexibility index (Phi) is 5.63. The number of aromatic amines is 1. The summed E-state index contributed by atoms with van der Waals surface area (Å²) < 4.78 is 47.1. The molecule has 2 amide bonds. The number of hydrogen-bond donors (Lipinski definition) is 3. The molecular weight excluding hydrogens is 427 g/mol. The number of H-pyrrole nitrogens is 1. The number of carbonyl (C=O) groups is 2. The van der Waals surface area contributed by atoms with E-state index in [2.05, 4.69) is 25.8 Å². The Morgan fingerprint density at radius 2 is 1.97 bits per heavy atom. The highest BCUT2D eigenvalue weighted by atomic mass is 19.1. The third-order valence-electron chi connectivity index (χ3n) is 4.63. The summed E-state index contributed by atoms with van der Waals surface area (Å²) in [5.74, 6) is -3.61. The van der Waals surface area contributed by atoms with E-state index in [1.165, 1.54) is 12.1 Å². The Labute approximate surface area is 179 Å². The van der Waals surface area contributed by atoms with Crippen molar-refractivity contribution < 1.29 is 27.5 Å². The molecular formula is C21H16F3N5O3. The first-order valence-corrected chi connectivity index (χ1v) is 9.40. The molecule has 0 saturated carbocycles. The molecule has 164 valence electrons. The van der Waals surface area contributed by atoms with Crippen molar-refractivity contribution in [3.63, 3.8) is 0 Å². The van der Waals surface area contributed by atoms with Gasteiger partial charge in [0.1, 0.15) is 35.5 Å². The Hall–Kier alpha value is -4.15. The Bertz CT molecular complexity index is 1240. The van der Waals surface area contributed by atoms with Crippen molar-refractivity contribution in [2.75, 3.05) is 11.9 Å². The van der Waals surface area contributed by atoms with Crippen LogP contribution >= 0.6 is 0 Å². The standard InChI is InChI=1S/C21H16F3N5O3/c1-10-5-15(24)18-16(6-10)32-9-11(20(30)27-18)8-25-21(31)19-26-17(28-29-19)7-12-13(22)3-2-4-14(12)23/h2-6,8H,7,9H2,1H3,(H,25,31)(H,27,30)(H,26,28,29)/b11-8-. The highest BCUT2D eigenvalue weighted by Crippen LogP contribution is 2.32. The summed E-state index contributed by atoms with van der Waals surface area (Å²) in [6, 6.07) is 6.29. The molecule has 4 rings (SSSR count). The lowest BCUT2D eigenvalue weighted by Crippen LogP contribution is -2.23. The minimum Gasteiger partial charge on any atom is -0.486 e. The normalized spacial score (nSPS) is 14.4. The molecule has 8 nitrogen and oxygen atoms in total. The Morgan fingerprint density at radius 3 is 2.72 bits per heavy atom. The van der Waals surface area contributed by atoms with Crippen LogP contribution in [0.15, 0.2) is 42.1 Å². The maximum atomic E-state index is 14.1. The largest absolute Gasteiger partial charge is 0.486 e. The third kappa shape index (κ3) is 4.31. The lowest BCUT2D eigenvalue weighted by atomic mass is 10.1. The van der Waals surface area contributed by atoms with Gasteiger partial charge in [0.25, 0.3) is 11.8 Å². The van der Waals surface area contributed by atoms with Gasteiger partial charge in [-0.25, -0.2) is 18.2 Å². The molecule has 2 heterocycles. The summed E-state index contributed by atoms with van der Waals surface area (Å²) in [6.07, 6.45) is 0.861. The van der Waals surface area contributed by atoms with Crippen LogP contribution in [0.3, 0.4) is 0 Å². The molecule has 1 aliphatic heterocycles. The number of anilines is 1. The van der Waals surface area contributed by atoms with E-state index in [0.29, 0.717) is 5.56 Å². The van der Waals surface area contributed by atoms with E-state index < -0.39 is 29.3 Å². The third-order valence-corrected chi connectivity index (χ3v) is 4.63. The monoisotopic (exact) mass is 443 g/mol. The second-order valence-electron chi connectivity index (χ2n) is 6.99.